The number of nitrogens with one attached hydrogen (secondary N) is 2. The van der Waals surface area contributed by atoms with Crippen LogP contribution >= 0.6 is 24.8 Å². The van der Waals surface area contributed by atoms with Crippen LogP contribution in [0.5, 0.6) is 0 Å². The molecule has 0 saturated carbocycles. The first-order chi connectivity index (χ1) is 9.47. The van der Waals surface area contributed by atoms with Crippen molar-refractivity contribution in [2.45, 2.75) is 26.2 Å². The molecular weight excluding hydrogens is 321 g/mol. The van der Waals surface area contributed by atoms with Crippen molar-refractivity contribution in [2.24, 2.45) is 0 Å². The summed E-state index contributed by atoms with van der Waals surface area (Å²) in [6, 6.07) is 8.05. The third-order valence-corrected chi connectivity index (χ3v) is 3.59. The van der Waals surface area contributed by atoms with Gasteiger partial charge in [-0.2, -0.15) is 0 Å². The molecule has 4 nitrogen and oxygen atoms in total. The molecule has 1 amide bonds. The van der Waals surface area contributed by atoms with Gasteiger partial charge in [-0.25, -0.2) is 0 Å². The number of para-hydroxylation sites is 1. The van der Waals surface area contributed by atoms with Crippen LogP contribution in [0.3, 0.4) is 0 Å². The average Bonchev–Trinajstić information content (AvgIpc) is 2.39. The Morgan fingerprint density at radius 3 is 2.36 bits per heavy atom. The van der Waals surface area contributed by atoms with Gasteiger partial charge < -0.3 is 10.6 Å². The highest BCUT2D eigenvalue weighted by Gasteiger charge is 2.19. The van der Waals surface area contributed by atoms with E-state index in [1.165, 1.54) is 5.56 Å². The van der Waals surface area contributed by atoms with Crippen LogP contribution < -0.4 is 10.6 Å². The Morgan fingerprint density at radius 1 is 1.18 bits per heavy atom. The van der Waals surface area contributed by atoms with Crippen LogP contribution in [0.4, 0.5) is 5.69 Å². The van der Waals surface area contributed by atoms with Crippen molar-refractivity contribution >= 4 is 36.4 Å². The Kier molecular flexibility index (Phi) is 9.01. The second-order valence-corrected chi connectivity index (χ2v) is 6.37. The highest BCUT2D eigenvalue weighted by Crippen LogP contribution is 2.29. The number of rotatable bonds is 3. The fraction of sp³-hybridized carbons (Fsp3) is 0.562. The van der Waals surface area contributed by atoms with E-state index in [1.54, 1.807) is 0 Å². The van der Waals surface area contributed by atoms with E-state index in [2.05, 4.69) is 42.4 Å². The highest BCUT2D eigenvalue weighted by atomic mass is 35.5. The molecule has 0 atom stereocenters. The summed E-state index contributed by atoms with van der Waals surface area (Å²) < 4.78 is 0. The van der Waals surface area contributed by atoms with Crippen molar-refractivity contribution in [2.75, 3.05) is 38.0 Å². The molecule has 1 aliphatic heterocycles. The molecule has 1 aromatic rings. The second kappa shape index (κ2) is 9.36. The van der Waals surface area contributed by atoms with E-state index < -0.39 is 0 Å². The maximum atomic E-state index is 12.2. The molecule has 1 aromatic carbocycles. The minimum Gasteiger partial charge on any atom is -0.325 e. The number of hydrogen-bond donors (Lipinski definition) is 2. The van der Waals surface area contributed by atoms with Gasteiger partial charge in [0.1, 0.15) is 0 Å². The molecule has 0 bridgehead atoms. The van der Waals surface area contributed by atoms with E-state index in [-0.39, 0.29) is 36.1 Å². The normalized spacial score (nSPS) is 15.4. The van der Waals surface area contributed by atoms with E-state index >= 15 is 0 Å². The number of hydrogen-bond acceptors (Lipinski definition) is 3. The van der Waals surface area contributed by atoms with Gasteiger partial charge in [-0.1, -0.05) is 39.0 Å². The molecule has 1 heterocycles. The number of carbonyl (C=O) groups excluding carboxylic acids is 1. The average molecular weight is 348 g/mol. The molecule has 1 fully saturated rings. The molecule has 0 aromatic heterocycles. The zero-order valence-electron chi connectivity index (χ0n) is 13.5. The van der Waals surface area contributed by atoms with E-state index in [1.807, 2.05) is 18.2 Å². The molecule has 0 spiro atoms. The van der Waals surface area contributed by atoms with E-state index in [0.717, 1.165) is 31.9 Å². The van der Waals surface area contributed by atoms with Crippen LogP contribution in [-0.4, -0.2) is 43.5 Å². The number of piperazine rings is 1. The summed E-state index contributed by atoms with van der Waals surface area (Å²) in [4.78, 5) is 14.4. The monoisotopic (exact) mass is 347 g/mol. The zero-order chi connectivity index (χ0) is 14.6. The van der Waals surface area contributed by atoms with Gasteiger partial charge in [-0.15, -0.1) is 24.8 Å². The standard InChI is InChI=1S/C16H25N3O.2ClH/c1-16(2,3)13-6-4-5-7-14(13)18-15(20)12-19-10-8-17-9-11-19;;/h4-7,17H,8-12H2,1-3H3,(H,18,20);2*1H. The van der Waals surface area contributed by atoms with Crippen LogP contribution in [0, 0.1) is 0 Å². The van der Waals surface area contributed by atoms with E-state index in [4.69, 9.17) is 0 Å². The van der Waals surface area contributed by atoms with Gasteiger partial charge in [0.25, 0.3) is 0 Å². The number of amides is 1. The lowest BCUT2D eigenvalue weighted by molar-refractivity contribution is -0.117. The van der Waals surface area contributed by atoms with Crippen LogP contribution in [0.25, 0.3) is 0 Å². The maximum absolute atomic E-state index is 12.2. The SMILES string of the molecule is CC(C)(C)c1ccccc1NC(=O)CN1CCNCC1.Cl.Cl. The van der Waals surface area contributed by atoms with Crippen molar-refractivity contribution in [3.05, 3.63) is 29.8 Å². The number of halogens is 2. The molecule has 0 aliphatic carbocycles. The Morgan fingerprint density at radius 2 is 1.77 bits per heavy atom. The summed E-state index contributed by atoms with van der Waals surface area (Å²) in [5.74, 6) is 0.0728. The minimum atomic E-state index is 0. The first-order valence-electron chi connectivity index (χ1n) is 7.29. The van der Waals surface area contributed by atoms with Crippen LogP contribution in [0.15, 0.2) is 24.3 Å². The number of carbonyl (C=O) groups is 1. The lowest BCUT2D eigenvalue weighted by atomic mass is 9.86. The molecule has 0 unspecified atom stereocenters. The van der Waals surface area contributed by atoms with Crippen LogP contribution in [0.1, 0.15) is 26.3 Å². The van der Waals surface area contributed by atoms with Gasteiger partial charge in [0, 0.05) is 31.9 Å². The van der Waals surface area contributed by atoms with Crippen LogP contribution in [-0.2, 0) is 10.2 Å². The van der Waals surface area contributed by atoms with Gasteiger partial charge in [-0.05, 0) is 17.0 Å². The molecule has 22 heavy (non-hydrogen) atoms. The first kappa shape index (κ1) is 21.2. The van der Waals surface area contributed by atoms with Gasteiger partial charge >= 0.3 is 0 Å². The van der Waals surface area contributed by atoms with Gasteiger partial charge in [0.15, 0.2) is 0 Å². The minimum absolute atomic E-state index is 0. The number of anilines is 1. The Labute approximate surface area is 145 Å². The predicted molar refractivity (Wildman–Crippen MR) is 97.6 cm³/mol. The van der Waals surface area contributed by atoms with Crippen LogP contribution in [0.2, 0.25) is 0 Å². The second-order valence-electron chi connectivity index (χ2n) is 6.37. The smallest absolute Gasteiger partial charge is 0.238 e. The molecule has 1 saturated heterocycles. The van der Waals surface area contributed by atoms with Gasteiger partial charge in [-0.3, -0.25) is 9.69 Å². The largest absolute Gasteiger partial charge is 0.325 e. The first-order valence-corrected chi connectivity index (χ1v) is 7.29. The van der Waals surface area contributed by atoms with Crippen molar-refractivity contribution in [3.63, 3.8) is 0 Å². The molecule has 126 valence electrons. The predicted octanol–water partition coefficient (Wildman–Crippen LogP) is 2.67. The fourth-order valence-electron chi connectivity index (χ4n) is 2.51. The molecule has 1 aliphatic rings. The number of benzene rings is 1. The summed E-state index contributed by atoms with van der Waals surface area (Å²) in [6.07, 6.45) is 0. The lowest BCUT2D eigenvalue weighted by Gasteiger charge is -2.27. The molecular formula is C16H27Cl2N3O. The highest BCUT2D eigenvalue weighted by molar-refractivity contribution is 5.93. The van der Waals surface area contributed by atoms with Crippen molar-refractivity contribution in [3.8, 4) is 0 Å². The van der Waals surface area contributed by atoms with E-state index in [9.17, 15) is 4.79 Å². The summed E-state index contributed by atoms with van der Waals surface area (Å²) in [6.45, 7) is 10.8. The topological polar surface area (TPSA) is 44.4 Å². The van der Waals surface area contributed by atoms with Crippen molar-refractivity contribution < 1.29 is 4.79 Å². The summed E-state index contributed by atoms with van der Waals surface area (Å²) in [5, 5.41) is 6.36. The zero-order valence-corrected chi connectivity index (χ0v) is 15.1. The Balaban J connectivity index is 0.00000220. The maximum Gasteiger partial charge on any atom is 0.238 e. The summed E-state index contributed by atoms with van der Waals surface area (Å²) in [5.41, 5.74) is 2.13. The van der Waals surface area contributed by atoms with Crippen molar-refractivity contribution in [1.29, 1.82) is 0 Å². The molecule has 6 heteroatoms. The Bertz CT molecular complexity index is 469. The third-order valence-electron chi connectivity index (χ3n) is 3.59. The van der Waals surface area contributed by atoms with E-state index in [0.29, 0.717) is 6.54 Å². The molecule has 0 radical (unpaired) electrons. The van der Waals surface area contributed by atoms with Gasteiger partial charge in [0.05, 0.1) is 6.54 Å². The molecule has 2 N–H and O–H groups in total. The third kappa shape index (κ3) is 6.13. The molecule has 2 rings (SSSR count). The quantitative estimate of drug-likeness (QED) is 0.883. The van der Waals surface area contributed by atoms with Gasteiger partial charge in [0.2, 0.25) is 5.91 Å². The number of nitrogens with zero attached hydrogens (tertiary/aromatic N) is 1. The summed E-state index contributed by atoms with van der Waals surface area (Å²) in [7, 11) is 0. The summed E-state index contributed by atoms with van der Waals surface area (Å²) >= 11 is 0. The van der Waals surface area contributed by atoms with Crippen molar-refractivity contribution in [1.82, 2.24) is 10.2 Å². The fourth-order valence-corrected chi connectivity index (χ4v) is 2.51. The lowest BCUT2D eigenvalue weighted by Crippen LogP contribution is -2.46. The Hall–Kier alpha value is -0.810.